The third-order valence-electron chi connectivity index (χ3n) is 4.74. The molecule has 5 aromatic rings. The lowest BCUT2D eigenvalue weighted by Crippen LogP contribution is -1.93. The zero-order valence-corrected chi connectivity index (χ0v) is 15.5. The van der Waals surface area contributed by atoms with E-state index in [4.69, 9.17) is 0 Å². The normalized spacial score (nSPS) is 11.3. The van der Waals surface area contributed by atoms with Crippen molar-refractivity contribution in [3.8, 4) is 16.8 Å². The highest BCUT2D eigenvalue weighted by Gasteiger charge is 2.13. The summed E-state index contributed by atoms with van der Waals surface area (Å²) in [6.45, 7) is 0. The Hall–Kier alpha value is -2.91. The van der Waals surface area contributed by atoms with Crippen molar-refractivity contribution in [1.29, 1.82) is 0 Å². The summed E-state index contributed by atoms with van der Waals surface area (Å²) in [7, 11) is 0. The summed E-state index contributed by atoms with van der Waals surface area (Å²) in [5.41, 5.74) is 5.93. The van der Waals surface area contributed by atoms with E-state index in [1.54, 1.807) is 0 Å². The van der Waals surface area contributed by atoms with Gasteiger partial charge in [-0.25, -0.2) is 0 Å². The molecule has 2 nitrogen and oxygen atoms in total. The van der Waals surface area contributed by atoms with Gasteiger partial charge in [0, 0.05) is 33.3 Å². The average Bonchev–Trinajstić information content (AvgIpc) is 3.02. The van der Waals surface area contributed by atoms with E-state index in [0.717, 1.165) is 10.2 Å². The molecular formula is C23H15BrN2. The fourth-order valence-electron chi connectivity index (χ4n) is 3.57. The van der Waals surface area contributed by atoms with Crippen molar-refractivity contribution in [1.82, 2.24) is 9.55 Å². The maximum atomic E-state index is 4.37. The highest BCUT2D eigenvalue weighted by atomic mass is 79.9. The van der Waals surface area contributed by atoms with Crippen molar-refractivity contribution >= 4 is 37.7 Å². The van der Waals surface area contributed by atoms with Crippen LogP contribution in [0.1, 0.15) is 0 Å². The minimum absolute atomic E-state index is 1.07. The van der Waals surface area contributed by atoms with Gasteiger partial charge in [0.25, 0.3) is 0 Å². The predicted octanol–water partition coefficient (Wildman–Crippen LogP) is 6.61. The second kappa shape index (κ2) is 6.11. The molecule has 2 heterocycles. The van der Waals surface area contributed by atoms with Crippen molar-refractivity contribution < 1.29 is 0 Å². The lowest BCUT2D eigenvalue weighted by atomic mass is 10.0. The third kappa shape index (κ3) is 2.44. The van der Waals surface area contributed by atoms with Crippen LogP contribution in [-0.2, 0) is 0 Å². The Kier molecular flexibility index (Phi) is 3.61. The van der Waals surface area contributed by atoms with Gasteiger partial charge in [-0.1, -0.05) is 58.4 Å². The Labute approximate surface area is 159 Å². The number of hydrogen-bond donors (Lipinski definition) is 0. The summed E-state index contributed by atoms with van der Waals surface area (Å²) in [5.74, 6) is 0. The van der Waals surface area contributed by atoms with Crippen molar-refractivity contribution in [3.05, 3.63) is 95.7 Å². The maximum Gasteiger partial charge on any atom is 0.0571 e. The van der Waals surface area contributed by atoms with Crippen LogP contribution in [0.5, 0.6) is 0 Å². The molecule has 0 atom stereocenters. The van der Waals surface area contributed by atoms with E-state index in [0.29, 0.717) is 0 Å². The Bertz CT molecular complexity index is 1240. The highest BCUT2D eigenvalue weighted by Crippen LogP contribution is 2.34. The minimum atomic E-state index is 1.07. The topological polar surface area (TPSA) is 17.8 Å². The van der Waals surface area contributed by atoms with Gasteiger partial charge < -0.3 is 4.57 Å². The van der Waals surface area contributed by atoms with Crippen LogP contribution < -0.4 is 0 Å². The van der Waals surface area contributed by atoms with E-state index in [-0.39, 0.29) is 0 Å². The summed E-state index contributed by atoms with van der Waals surface area (Å²) in [4.78, 5) is 4.37. The molecule has 0 spiro atoms. The molecule has 3 heteroatoms. The monoisotopic (exact) mass is 398 g/mol. The van der Waals surface area contributed by atoms with Crippen LogP contribution in [0.15, 0.2) is 95.7 Å². The molecule has 0 fully saturated rings. The smallest absolute Gasteiger partial charge is 0.0571 e. The molecule has 0 aliphatic heterocycles. The molecule has 5 rings (SSSR count). The van der Waals surface area contributed by atoms with Crippen LogP contribution in [-0.4, -0.2) is 9.55 Å². The molecule has 124 valence electrons. The zero-order valence-electron chi connectivity index (χ0n) is 13.9. The third-order valence-corrected chi connectivity index (χ3v) is 5.23. The number of benzene rings is 3. The van der Waals surface area contributed by atoms with Crippen molar-refractivity contribution in [2.45, 2.75) is 0 Å². The van der Waals surface area contributed by atoms with Crippen LogP contribution in [0.25, 0.3) is 38.6 Å². The van der Waals surface area contributed by atoms with E-state index in [2.05, 4.69) is 92.2 Å². The second-order valence-electron chi connectivity index (χ2n) is 6.31. The molecule has 26 heavy (non-hydrogen) atoms. The highest BCUT2D eigenvalue weighted by molar-refractivity contribution is 9.10. The Morgan fingerprint density at radius 2 is 1.54 bits per heavy atom. The number of aromatic nitrogens is 2. The molecule has 0 saturated heterocycles. The first kappa shape index (κ1) is 15.4. The standard InChI is InChI=1S/C23H15BrN2/c24-18-7-4-8-19(14-18)26-22-10-9-17(16-5-2-1-3-6-16)13-20(22)21-15-25-12-11-23(21)26/h1-15H. The zero-order chi connectivity index (χ0) is 17.5. The lowest BCUT2D eigenvalue weighted by molar-refractivity contribution is 1.17. The molecular weight excluding hydrogens is 384 g/mol. The molecule has 0 aliphatic rings. The summed E-state index contributed by atoms with van der Waals surface area (Å²) in [6.07, 6.45) is 3.81. The number of hydrogen-bond acceptors (Lipinski definition) is 1. The number of pyridine rings is 1. The molecule has 0 bridgehead atoms. The molecule has 0 radical (unpaired) electrons. The summed E-state index contributed by atoms with van der Waals surface area (Å²) < 4.78 is 3.37. The molecule has 0 amide bonds. The second-order valence-corrected chi connectivity index (χ2v) is 7.22. The van der Waals surface area contributed by atoms with E-state index < -0.39 is 0 Å². The average molecular weight is 399 g/mol. The van der Waals surface area contributed by atoms with Crippen LogP contribution >= 0.6 is 15.9 Å². The Balaban J connectivity index is 1.85. The van der Waals surface area contributed by atoms with Gasteiger partial charge in [-0.3, -0.25) is 4.98 Å². The van der Waals surface area contributed by atoms with Gasteiger partial charge in [-0.2, -0.15) is 0 Å². The quantitative estimate of drug-likeness (QED) is 0.327. The van der Waals surface area contributed by atoms with Gasteiger partial charge in [0.2, 0.25) is 0 Å². The van der Waals surface area contributed by atoms with Gasteiger partial charge in [0.1, 0.15) is 0 Å². The first-order valence-electron chi connectivity index (χ1n) is 8.51. The summed E-state index contributed by atoms with van der Waals surface area (Å²) in [5, 5.41) is 2.38. The van der Waals surface area contributed by atoms with E-state index in [9.17, 15) is 0 Å². The fraction of sp³-hybridized carbons (Fsp3) is 0. The van der Waals surface area contributed by atoms with Gasteiger partial charge in [-0.05, 0) is 47.5 Å². The molecule has 2 aromatic heterocycles. The number of fused-ring (bicyclic) bond motifs is 3. The Morgan fingerprint density at radius 3 is 2.38 bits per heavy atom. The molecule has 0 unspecified atom stereocenters. The van der Waals surface area contributed by atoms with Gasteiger partial charge in [-0.15, -0.1) is 0 Å². The summed E-state index contributed by atoms with van der Waals surface area (Å²) in [6, 6.07) is 27.6. The number of halogens is 1. The molecule has 0 aliphatic carbocycles. The van der Waals surface area contributed by atoms with Crippen molar-refractivity contribution in [3.63, 3.8) is 0 Å². The van der Waals surface area contributed by atoms with Crippen molar-refractivity contribution in [2.24, 2.45) is 0 Å². The number of nitrogens with zero attached hydrogens (tertiary/aromatic N) is 2. The van der Waals surface area contributed by atoms with Gasteiger partial charge >= 0.3 is 0 Å². The van der Waals surface area contributed by atoms with Crippen LogP contribution in [0.2, 0.25) is 0 Å². The predicted molar refractivity (Wildman–Crippen MR) is 112 cm³/mol. The molecule has 3 aromatic carbocycles. The van der Waals surface area contributed by atoms with E-state index in [1.165, 1.54) is 32.9 Å². The molecule has 0 N–H and O–H groups in total. The largest absolute Gasteiger partial charge is 0.309 e. The van der Waals surface area contributed by atoms with E-state index in [1.807, 2.05) is 24.5 Å². The van der Waals surface area contributed by atoms with Crippen molar-refractivity contribution in [2.75, 3.05) is 0 Å². The SMILES string of the molecule is Brc1cccc(-n2c3ccncc3c3cc(-c4ccccc4)ccc32)c1. The first-order valence-corrected chi connectivity index (χ1v) is 9.30. The summed E-state index contributed by atoms with van der Waals surface area (Å²) >= 11 is 3.59. The van der Waals surface area contributed by atoms with Gasteiger partial charge in [0.05, 0.1) is 11.0 Å². The van der Waals surface area contributed by atoms with Crippen LogP contribution in [0.3, 0.4) is 0 Å². The Morgan fingerprint density at radius 1 is 0.692 bits per heavy atom. The minimum Gasteiger partial charge on any atom is -0.309 e. The fourth-order valence-corrected chi connectivity index (χ4v) is 3.96. The lowest BCUT2D eigenvalue weighted by Gasteiger charge is -2.08. The molecule has 0 saturated carbocycles. The van der Waals surface area contributed by atoms with Gasteiger partial charge in [0.15, 0.2) is 0 Å². The van der Waals surface area contributed by atoms with Crippen LogP contribution in [0, 0.1) is 0 Å². The first-order chi connectivity index (χ1) is 12.8. The maximum absolute atomic E-state index is 4.37. The number of rotatable bonds is 2. The van der Waals surface area contributed by atoms with E-state index >= 15 is 0 Å². The van der Waals surface area contributed by atoms with Crippen LogP contribution in [0.4, 0.5) is 0 Å².